The summed E-state index contributed by atoms with van der Waals surface area (Å²) in [6.07, 6.45) is 52.9. The molecule has 0 fully saturated rings. The van der Waals surface area contributed by atoms with Crippen LogP contribution in [0, 0.1) is 0 Å². The van der Waals surface area contributed by atoms with Gasteiger partial charge in [0.15, 0.2) is 0 Å². The Morgan fingerprint density at radius 1 is 0.302 bits per heavy atom. The molecule has 0 radical (unpaired) electrons. The van der Waals surface area contributed by atoms with E-state index in [2.05, 4.69) is 43.0 Å². The second-order valence-electron chi connectivity index (χ2n) is 14.3. The quantitative estimate of drug-likeness (QED) is 0.0666. The maximum atomic E-state index is 2.71. The van der Waals surface area contributed by atoms with Crippen molar-refractivity contribution in [2.75, 3.05) is 13.1 Å². The molecule has 256 valence electrons. The van der Waals surface area contributed by atoms with E-state index in [0.717, 1.165) is 0 Å². The SMILES string of the molecule is CCCCCCCCCCCCCCCCCCN1C=CN(CCCCCCCCCCCCC)C1CCCCCCC. The topological polar surface area (TPSA) is 6.48 Å². The fourth-order valence-electron chi connectivity index (χ4n) is 7.07. The average molecular weight is 603 g/mol. The molecule has 1 heterocycles. The van der Waals surface area contributed by atoms with E-state index in [0.29, 0.717) is 6.17 Å². The number of rotatable bonds is 35. The van der Waals surface area contributed by atoms with E-state index in [1.54, 1.807) is 0 Å². The zero-order valence-electron chi connectivity index (χ0n) is 30.4. The number of hydrogen-bond acceptors (Lipinski definition) is 2. The van der Waals surface area contributed by atoms with Gasteiger partial charge in [0.05, 0.1) is 0 Å². The van der Waals surface area contributed by atoms with Crippen LogP contribution in [0.1, 0.15) is 233 Å². The molecule has 0 aromatic heterocycles. The monoisotopic (exact) mass is 603 g/mol. The second-order valence-corrected chi connectivity index (χ2v) is 14.3. The minimum absolute atomic E-state index is 0.640. The molecule has 0 saturated heterocycles. The Hall–Kier alpha value is -0.660. The van der Waals surface area contributed by atoms with Crippen LogP contribution in [0.5, 0.6) is 0 Å². The van der Waals surface area contributed by atoms with Crippen LogP contribution in [0.15, 0.2) is 12.4 Å². The van der Waals surface area contributed by atoms with Crippen molar-refractivity contribution >= 4 is 0 Å². The van der Waals surface area contributed by atoms with E-state index in [1.165, 1.54) is 225 Å². The molecule has 1 aliphatic rings. The molecule has 1 atom stereocenters. The molecule has 1 unspecified atom stereocenters. The highest BCUT2D eigenvalue weighted by atomic mass is 15.4. The molecule has 0 bridgehead atoms. The van der Waals surface area contributed by atoms with E-state index in [9.17, 15) is 0 Å². The fraction of sp³-hybridized carbons (Fsp3) is 0.951. The molecule has 0 saturated carbocycles. The first kappa shape index (κ1) is 40.4. The van der Waals surface area contributed by atoms with Gasteiger partial charge in [-0.3, -0.25) is 0 Å². The van der Waals surface area contributed by atoms with Gasteiger partial charge in [-0.05, 0) is 25.7 Å². The van der Waals surface area contributed by atoms with Crippen LogP contribution in [-0.4, -0.2) is 29.1 Å². The van der Waals surface area contributed by atoms with Crippen molar-refractivity contribution in [3.63, 3.8) is 0 Å². The van der Waals surface area contributed by atoms with Gasteiger partial charge in [-0.2, -0.15) is 0 Å². The lowest BCUT2D eigenvalue weighted by Crippen LogP contribution is -2.39. The van der Waals surface area contributed by atoms with Crippen molar-refractivity contribution in [2.45, 2.75) is 239 Å². The van der Waals surface area contributed by atoms with Crippen molar-refractivity contribution in [3.05, 3.63) is 12.4 Å². The summed E-state index contributed by atoms with van der Waals surface area (Å²) in [5.41, 5.74) is 0. The Bertz CT molecular complexity index is 558. The van der Waals surface area contributed by atoms with Gasteiger partial charge in [-0.25, -0.2) is 0 Å². The number of nitrogens with zero attached hydrogens (tertiary/aromatic N) is 2. The minimum atomic E-state index is 0.640. The van der Waals surface area contributed by atoms with Gasteiger partial charge >= 0.3 is 0 Å². The van der Waals surface area contributed by atoms with E-state index < -0.39 is 0 Å². The first-order valence-corrected chi connectivity index (χ1v) is 20.5. The van der Waals surface area contributed by atoms with E-state index in [-0.39, 0.29) is 0 Å². The molecule has 0 amide bonds. The highest BCUT2D eigenvalue weighted by Gasteiger charge is 2.24. The van der Waals surface area contributed by atoms with E-state index >= 15 is 0 Å². The largest absolute Gasteiger partial charge is 0.356 e. The summed E-state index contributed by atoms with van der Waals surface area (Å²) in [6.45, 7) is 9.49. The van der Waals surface area contributed by atoms with Crippen molar-refractivity contribution in [3.8, 4) is 0 Å². The smallest absolute Gasteiger partial charge is 0.101 e. The molecule has 0 aromatic carbocycles. The predicted molar refractivity (Wildman–Crippen MR) is 196 cm³/mol. The Labute approximate surface area is 273 Å². The van der Waals surface area contributed by atoms with Crippen LogP contribution in [-0.2, 0) is 0 Å². The summed E-state index contributed by atoms with van der Waals surface area (Å²) in [6, 6.07) is 0. The molecule has 2 heteroatoms. The lowest BCUT2D eigenvalue weighted by molar-refractivity contribution is 0.135. The molecule has 2 nitrogen and oxygen atoms in total. The molecule has 1 aliphatic heterocycles. The van der Waals surface area contributed by atoms with Crippen LogP contribution < -0.4 is 0 Å². The third kappa shape index (κ3) is 25.2. The van der Waals surface area contributed by atoms with Crippen molar-refractivity contribution < 1.29 is 0 Å². The summed E-state index contributed by atoms with van der Waals surface area (Å²) in [5.74, 6) is 0. The van der Waals surface area contributed by atoms with Gasteiger partial charge in [0.25, 0.3) is 0 Å². The van der Waals surface area contributed by atoms with Gasteiger partial charge in [-0.15, -0.1) is 0 Å². The van der Waals surface area contributed by atoms with Gasteiger partial charge in [0.1, 0.15) is 6.17 Å². The summed E-state index contributed by atoms with van der Waals surface area (Å²) in [4.78, 5) is 5.42. The third-order valence-corrected chi connectivity index (χ3v) is 10.1. The number of unbranched alkanes of at least 4 members (excludes halogenated alkanes) is 29. The van der Waals surface area contributed by atoms with E-state index in [4.69, 9.17) is 0 Å². The van der Waals surface area contributed by atoms with Crippen LogP contribution in [0.3, 0.4) is 0 Å². The third-order valence-electron chi connectivity index (χ3n) is 10.1. The van der Waals surface area contributed by atoms with Crippen LogP contribution in [0.4, 0.5) is 0 Å². The molecular formula is C41H82N2. The van der Waals surface area contributed by atoms with Crippen LogP contribution in [0.25, 0.3) is 0 Å². The standard InChI is InChI=1S/C41H82N2/c1-4-7-10-13-15-17-19-20-21-22-23-25-27-29-32-35-38-43-40-39-42(41(43)36-33-30-12-9-6-3)37-34-31-28-26-24-18-16-14-11-8-5-2/h39-41H,4-38H2,1-3H3. The van der Waals surface area contributed by atoms with Gasteiger partial charge in [0.2, 0.25) is 0 Å². The lowest BCUT2D eigenvalue weighted by Gasteiger charge is -2.33. The minimum Gasteiger partial charge on any atom is -0.356 e. The van der Waals surface area contributed by atoms with Crippen LogP contribution in [0.2, 0.25) is 0 Å². The fourth-order valence-corrected chi connectivity index (χ4v) is 7.07. The lowest BCUT2D eigenvalue weighted by atomic mass is 10.0. The van der Waals surface area contributed by atoms with Crippen LogP contribution >= 0.6 is 0 Å². The zero-order chi connectivity index (χ0) is 30.9. The first-order valence-electron chi connectivity index (χ1n) is 20.5. The summed E-state index contributed by atoms with van der Waals surface area (Å²) in [5, 5.41) is 0. The molecule has 0 spiro atoms. The Balaban J connectivity index is 2.10. The van der Waals surface area contributed by atoms with Crippen molar-refractivity contribution in [1.29, 1.82) is 0 Å². The van der Waals surface area contributed by atoms with Crippen molar-refractivity contribution in [2.24, 2.45) is 0 Å². The average Bonchev–Trinajstić information content (AvgIpc) is 3.40. The molecule has 0 aromatic rings. The molecule has 0 N–H and O–H groups in total. The Morgan fingerprint density at radius 3 is 0.814 bits per heavy atom. The highest BCUT2D eigenvalue weighted by molar-refractivity contribution is 4.97. The Kier molecular flexibility index (Phi) is 30.7. The predicted octanol–water partition coefficient (Wildman–Crippen LogP) is 14.3. The normalized spacial score (nSPS) is 14.9. The summed E-state index contributed by atoms with van der Waals surface area (Å²) < 4.78 is 0. The highest BCUT2D eigenvalue weighted by Crippen LogP contribution is 2.24. The van der Waals surface area contributed by atoms with Gasteiger partial charge < -0.3 is 9.80 Å². The molecule has 0 aliphatic carbocycles. The zero-order valence-corrected chi connectivity index (χ0v) is 30.4. The maximum absolute atomic E-state index is 2.71. The number of hydrogen-bond donors (Lipinski definition) is 0. The first-order chi connectivity index (χ1) is 21.3. The maximum Gasteiger partial charge on any atom is 0.101 e. The van der Waals surface area contributed by atoms with Crippen molar-refractivity contribution in [1.82, 2.24) is 9.80 Å². The molecule has 1 rings (SSSR count). The molecular weight excluding hydrogens is 520 g/mol. The summed E-state index contributed by atoms with van der Waals surface area (Å²) >= 11 is 0. The van der Waals surface area contributed by atoms with E-state index in [1.807, 2.05) is 0 Å². The van der Waals surface area contributed by atoms with Gasteiger partial charge in [0, 0.05) is 25.5 Å². The van der Waals surface area contributed by atoms with Gasteiger partial charge in [-0.1, -0.05) is 207 Å². The molecule has 43 heavy (non-hydrogen) atoms. The Morgan fingerprint density at radius 2 is 0.535 bits per heavy atom. The second kappa shape index (κ2) is 32.7. The summed E-state index contributed by atoms with van der Waals surface area (Å²) in [7, 11) is 0.